The predicted octanol–water partition coefficient (Wildman–Crippen LogP) is 3.70. The molecule has 2 aliphatic rings. The van der Waals surface area contributed by atoms with E-state index in [1.54, 1.807) is 0 Å². The minimum atomic E-state index is 0.691. The summed E-state index contributed by atoms with van der Waals surface area (Å²) < 4.78 is 0. The third-order valence-electron chi connectivity index (χ3n) is 7.80. The number of aromatic nitrogens is 7. The number of nitrogens with zero attached hydrogens (tertiary/aromatic N) is 8. The standard InChI is InChI=1S/C28H32N10/c1-36-9-11-38(12-10-36)24-17-30-16-23-25(24)33-28(32-23)27-26-22(34-35-27)6-5-21(31-26)20-13-19(14-29-15-20)18-37-7-3-2-4-8-37/h5-6,13-17H,2-4,7-12,18H2,1H3,(H,32,33)(H,34,35). The number of piperazine rings is 1. The van der Waals surface area contributed by atoms with Crippen molar-refractivity contribution in [2.45, 2.75) is 25.8 Å². The molecule has 10 heteroatoms. The molecule has 0 aromatic carbocycles. The van der Waals surface area contributed by atoms with Gasteiger partial charge in [0.1, 0.15) is 11.0 Å². The highest BCUT2D eigenvalue weighted by Gasteiger charge is 2.21. The van der Waals surface area contributed by atoms with Crippen LogP contribution in [0.1, 0.15) is 24.8 Å². The van der Waals surface area contributed by atoms with Crippen LogP contribution >= 0.6 is 0 Å². The zero-order valence-corrected chi connectivity index (χ0v) is 21.7. The molecular formula is C28H32N10. The van der Waals surface area contributed by atoms with Crippen LogP contribution in [0, 0.1) is 0 Å². The van der Waals surface area contributed by atoms with Crippen molar-refractivity contribution in [2.24, 2.45) is 0 Å². The second kappa shape index (κ2) is 9.77. The topological polar surface area (TPSA) is 106 Å². The SMILES string of the molecule is CN1CCN(c2cncc3[nH]c(-c4n[nH]c5ccc(-c6cncc(CN7CCCCC7)c6)nc45)nc23)CC1. The molecule has 2 fully saturated rings. The fourth-order valence-corrected chi connectivity index (χ4v) is 5.62. The first-order chi connectivity index (χ1) is 18.7. The van der Waals surface area contributed by atoms with Gasteiger partial charge in [-0.3, -0.25) is 20.0 Å². The average molecular weight is 509 g/mol. The molecule has 0 saturated carbocycles. The Kier molecular flexibility index (Phi) is 5.98. The van der Waals surface area contributed by atoms with Gasteiger partial charge in [0.15, 0.2) is 11.5 Å². The zero-order chi connectivity index (χ0) is 25.5. The van der Waals surface area contributed by atoms with Gasteiger partial charge in [0.05, 0.1) is 34.8 Å². The summed E-state index contributed by atoms with van der Waals surface area (Å²) in [5, 5.41) is 7.73. The van der Waals surface area contributed by atoms with E-state index in [1.807, 2.05) is 36.9 Å². The Hall–Kier alpha value is -3.89. The summed E-state index contributed by atoms with van der Waals surface area (Å²) in [6, 6.07) is 6.27. The summed E-state index contributed by atoms with van der Waals surface area (Å²) in [6.45, 7) is 7.23. The lowest BCUT2D eigenvalue weighted by Gasteiger charge is -2.33. The van der Waals surface area contributed by atoms with Gasteiger partial charge in [-0.15, -0.1) is 0 Å². The Balaban J connectivity index is 1.22. The lowest BCUT2D eigenvalue weighted by atomic mass is 10.1. The first kappa shape index (κ1) is 23.2. The normalized spacial score (nSPS) is 17.6. The van der Waals surface area contributed by atoms with Crippen molar-refractivity contribution in [3.8, 4) is 22.8 Å². The Morgan fingerprint density at radius 1 is 0.816 bits per heavy atom. The largest absolute Gasteiger partial charge is 0.366 e. The molecule has 10 nitrogen and oxygen atoms in total. The number of piperidine rings is 1. The molecule has 0 amide bonds. The number of anilines is 1. The minimum Gasteiger partial charge on any atom is -0.366 e. The molecule has 38 heavy (non-hydrogen) atoms. The lowest BCUT2D eigenvalue weighted by molar-refractivity contribution is 0.220. The number of pyridine rings is 3. The Bertz CT molecular complexity index is 1570. The Labute approximate surface area is 221 Å². The number of H-pyrrole nitrogens is 2. The summed E-state index contributed by atoms with van der Waals surface area (Å²) in [5.74, 6) is 0.691. The van der Waals surface area contributed by atoms with Gasteiger partial charge < -0.3 is 14.8 Å². The fraction of sp³-hybridized carbons (Fsp3) is 0.393. The van der Waals surface area contributed by atoms with Gasteiger partial charge in [0, 0.05) is 50.7 Å². The van der Waals surface area contributed by atoms with Gasteiger partial charge in [-0.2, -0.15) is 5.10 Å². The van der Waals surface area contributed by atoms with Crippen LogP contribution < -0.4 is 4.90 Å². The Morgan fingerprint density at radius 2 is 1.66 bits per heavy atom. The van der Waals surface area contributed by atoms with Crippen molar-refractivity contribution in [1.82, 2.24) is 44.9 Å². The maximum Gasteiger partial charge on any atom is 0.161 e. The molecule has 7 rings (SSSR count). The number of likely N-dealkylation sites (N-methyl/N-ethyl adjacent to an activating group) is 1. The maximum absolute atomic E-state index is 5.02. The smallest absolute Gasteiger partial charge is 0.161 e. The van der Waals surface area contributed by atoms with E-state index in [1.165, 1.54) is 24.8 Å². The maximum atomic E-state index is 5.02. The highest BCUT2D eigenvalue weighted by Crippen LogP contribution is 2.31. The van der Waals surface area contributed by atoms with Gasteiger partial charge in [0.25, 0.3) is 0 Å². The number of likely N-dealkylation sites (tertiary alicyclic amines) is 1. The van der Waals surface area contributed by atoms with E-state index in [-0.39, 0.29) is 0 Å². The van der Waals surface area contributed by atoms with Crippen molar-refractivity contribution in [3.63, 3.8) is 0 Å². The molecule has 5 aromatic heterocycles. The van der Waals surface area contributed by atoms with E-state index in [0.717, 1.165) is 84.8 Å². The first-order valence-corrected chi connectivity index (χ1v) is 13.5. The molecule has 0 bridgehead atoms. The zero-order valence-electron chi connectivity index (χ0n) is 21.7. The molecule has 0 aliphatic carbocycles. The summed E-state index contributed by atoms with van der Waals surface area (Å²) in [4.78, 5) is 29.7. The third-order valence-corrected chi connectivity index (χ3v) is 7.80. The van der Waals surface area contributed by atoms with Gasteiger partial charge in [-0.25, -0.2) is 9.97 Å². The number of hydrogen-bond acceptors (Lipinski definition) is 8. The van der Waals surface area contributed by atoms with E-state index >= 15 is 0 Å². The summed E-state index contributed by atoms with van der Waals surface area (Å²) in [6.07, 6.45) is 11.5. The monoisotopic (exact) mass is 508 g/mol. The van der Waals surface area contributed by atoms with E-state index in [0.29, 0.717) is 11.5 Å². The fourth-order valence-electron chi connectivity index (χ4n) is 5.62. The molecule has 2 N–H and O–H groups in total. The van der Waals surface area contributed by atoms with Crippen molar-refractivity contribution in [2.75, 3.05) is 51.2 Å². The van der Waals surface area contributed by atoms with Crippen LogP contribution in [0.3, 0.4) is 0 Å². The Morgan fingerprint density at radius 3 is 2.53 bits per heavy atom. The van der Waals surface area contributed by atoms with Crippen LogP contribution in [0.4, 0.5) is 5.69 Å². The summed E-state index contributed by atoms with van der Waals surface area (Å²) >= 11 is 0. The molecule has 5 aromatic rings. The number of aromatic amines is 2. The molecule has 2 saturated heterocycles. The molecule has 7 heterocycles. The number of rotatable bonds is 5. The molecule has 0 unspecified atom stereocenters. The predicted molar refractivity (Wildman–Crippen MR) is 149 cm³/mol. The van der Waals surface area contributed by atoms with Crippen LogP contribution in [0.5, 0.6) is 0 Å². The number of fused-ring (bicyclic) bond motifs is 2. The highest BCUT2D eigenvalue weighted by molar-refractivity contribution is 5.94. The highest BCUT2D eigenvalue weighted by atomic mass is 15.3. The molecule has 0 radical (unpaired) electrons. The molecular weight excluding hydrogens is 476 g/mol. The minimum absolute atomic E-state index is 0.691. The number of imidazole rings is 1. The van der Waals surface area contributed by atoms with Gasteiger partial charge in [-0.05, 0) is 56.7 Å². The van der Waals surface area contributed by atoms with Crippen molar-refractivity contribution in [1.29, 1.82) is 0 Å². The van der Waals surface area contributed by atoms with E-state index in [4.69, 9.17) is 9.97 Å². The lowest BCUT2D eigenvalue weighted by Crippen LogP contribution is -2.44. The quantitative estimate of drug-likeness (QED) is 0.370. The van der Waals surface area contributed by atoms with Crippen LogP contribution in [0.25, 0.3) is 44.8 Å². The van der Waals surface area contributed by atoms with Crippen LogP contribution in [0.2, 0.25) is 0 Å². The van der Waals surface area contributed by atoms with Crippen molar-refractivity contribution < 1.29 is 0 Å². The van der Waals surface area contributed by atoms with Crippen LogP contribution in [0.15, 0.2) is 43.0 Å². The van der Waals surface area contributed by atoms with E-state index in [9.17, 15) is 0 Å². The van der Waals surface area contributed by atoms with Gasteiger partial charge in [0.2, 0.25) is 0 Å². The molecule has 0 spiro atoms. The molecule has 0 atom stereocenters. The first-order valence-electron chi connectivity index (χ1n) is 13.5. The summed E-state index contributed by atoms with van der Waals surface area (Å²) in [5.41, 5.74) is 8.36. The second-order valence-electron chi connectivity index (χ2n) is 10.5. The number of nitrogens with one attached hydrogen (secondary N) is 2. The summed E-state index contributed by atoms with van der Waals surface area (Å²) in [7, 11) is 2.16. The van der Waals surface area contributed by atoms with Gasteiger partial charge >= 0.3 is 0 Å². The molecule has 194 valence electrons. The van der Waals surface area contributed by atoms with E-state index < -0.39 is 0 Å². The second-order valence-corrected chi connectivity index (χ2v) is 10.5. The van der Waals surface area contributed by atoms with Crippen molar-refractivity contribution in [3.05, 3.63) is 48.5 Å². The molecule has 2 aliphatic heterocycles. The van der Waals surface area contributed by atoms with Crippen LogP contribution in [-0.2, 0) is 6.54 Å². The average Bonchev–Trinajstić information content (AvgIpc) is 3.58. The number of hydrogen-bond donors (Lipinski definition) is 2. The third kappa shape index (κ3) is 4.39. The van der Waals surface area contributed by atoms with Crippen LogP contribution in [-0.4, -0.2) is 91.2 Å². The van der Waals surface area contributed by atoms with Crippen molar-refractivity contribution >= 4 is 27.8 Å². The van der Waals surface area contributed by atoms with E-state index in [2.05, 4.69) is 53.0 Å². The van der Waals surface area contributed by atoms with Gasteiger partial charge in [-0.1, -0.05) is 6.42 Å².